The van der Waals surface area contributed by atoms with Gasteiger partial charge in [-0.15, -0.1) is 0 Å². The van der Waals surface area contributed by atoms with Crippen molar-refractivity contribution in [1.29, 1.82) is 0 Å². The summed E-state index contributed by atoms with van der Waals surface area (Å²) >= 11 is 0. The number of ether oxygens (including phenoxy) is 1. The van der Waals surface area contributed by atoms with E-state index in [4.69, 9.17) is 0 Å². The number of amides is 2. The van der Waals surface area contributed by atoms with E-state index in [0.29, 0.717) is 0 Å². The summed E-state index contributed by atoms with van der Waals surface area (Å²) in [5, 5.41) is 14.6. The highest BCUT2D eigenvalue weighted by Gasteiger charge is 2.12. The highest BCUT2D eigenvalue weighted by molar-refractivity contribution is 5.77. The van der Waals surface area contributed by atoms with Crippen LogP contribution >= 0.6 is 0 Å². The fourth-order valence-electron chi connectivity index (χ4n) is 1.60. The molecule has 1 unspecified atom stereocenters. The number of hydrogen-bond donors (Lipinski definition) is 3. The lowest BCUT2D eigenvalue weighted by Gasteiger charge is -2.12. The number of rotatable bonds is 7. The van der Waals surface area contributed by atoms with Crippen molar-refractivity contribution < 1.29 is 28.2 Å². The molecule has 3 N–H and O–H groups in total. The predicted octanol–water partition coefficient (Wildman–Crippen LogP) is 1.25. The molecule has 6 nitrogen and oxygen atoms in total. The van der Waals surface area contributed by atoms with Gasteiger partial charge in [0.1, 0.15) is 0 Å². The topological polar surface area (TPSA) is 87.7 Å². The maximum absolute atomic E-state index is 13.0. The van der Waals surface area contributed by atoms with Crippen molar-refractivity contribution >= 4 is 12.0 Å². The first-order valence-electron chi connectivity index (χ1n) is 6.74. The highest BCUT2D eigenvalue weighted by Crippen LogP contribution is 2.15. The standard InChI is InChI=1S/C14H18F2N2O4/c1-2-22-14(21)17-6-5-13(20)18-8-12(19)9-3-4-10(15)11(16)7-9/h3-4,7,12,19H,2,5-6,8H2,1H3,(H,17,21)(H,18,20). The first-order valence-corrected chi connectivity index (χ1v) is 6.74. The van der Waals surface area contributed by atoms with E-state index < -0.39 is 29.7 Å². The van der Waals surface area contributed by atoms with Gasteiger partial charge in [0.15, 0.2) is 11.6 Å². The van der Waals surface area contributed by atoms with Gasteiger partial charge in [0.25, 0.3) is 0 Å². The summed E-state index contributed by atoms with van der Waals surface area (Å²) in [5.74, 6) is -2.48. The zero-order valence-electron chi connectivity index (χ0n) is 12.1. The van der Waals surface area contributed by atoms with Gasteiger partial charge >= 0.3 is 6.09 Å². The van der Waals surface area contributed by atoms with Crippen LogP contribution in [0, 0.1) is 11.6 Å². The third kappa shape index (κ3) is 6.04. The fraction of sp³-hybridized carbons (Fsp3) is 0.429. The number of aliphatic hydroxyl groups is 1. The number of nitrogens with one attached hydrogen (secondary N) is 2. The molecule has 122 valence electrons. The van der Waals surface area contributed by atoms with E-state index in [1.54, 1.807) is 6.92 Å². The van der Waals surface area contributed by atoms with Crippen LogP contribution in [0.5, 0.6) is 0 Å². The number of hydrogen-bond acceptors (Lipinski definition) is 4. The Hall–Kier alpha value is -2.22. The van der Waals surface area contributed by atoms with E-state index in [1.165, 1.54) is 6.07 Å². The smallest absolute Gasteiger partial charge is 0.407 e. The van der Waals surface area contributed by atoms with Crippen LogP contribution in [0.2, 0.25) is 0 Å². The molecule has 0 spiro atoms. The highest BCUT2D eigenvalue weighted by atomic mass is 19.2. The molecule has 0 aliphatic heterocycles. The Morgan fingerprint density at radius 2 is 2.00 bits per heavy atom. The van der Waals surface area contributed by atoms with Crippen molar-refractivity contribution in [2.75, 3.05) is 19.7 Å². The number of halogens is 2. The van der Waals surface area contributed by atoms with E-state index in [-0.39, 0.29) is 31.7 Å². The minimum absolute atomic E-state index is 0.00329. The molecule has 8 heteroatoms. The summed E-state index contributed by atoms with van der Waals surface area (Å²) in [6.45, 7) is 1.83. The van der Waals surface area contributed by atoms with Gasteiger partial charge in [-0.05, 0) is 24.6 Å². The molecule has 2 amide bonds. The molecule has 0 radical (unpaired) electrons. The van der Waals surface area contributed by atoms with Gasteiger partial charge in [0, 0.05) is 19.5 Å². The third-order valence-electron chi connectivity index (χ3n) is 2.72. The van der Waals surface area contributed by atoms with Gasteiger partial charge in [-0.2, -0.15) is 0 Å². The Bertz CT molecular complexity index is 526. The Balaban J connectivity index is 2.31. The molecule has 1 aromatic carbocycles. The normalized spacial score (nSPS) is 11.6. The molecule has 0 heterocycles. The number of alkyl carbamates (subject to hydrolysis) is 1. The Kier molecular flexibility index (Phi) is 7.24. The second kappa shape index (κ2) is 8.93. The molecule has 0 saturated heterocycles. The van der Waals surface area contributed by atoms with Crippen molar-refractivity contribution in [1.82, 2.24) is 10.6 Å². The van der Waals surface area contributed by atoms with Crippen molar-refractivity contribution in [2.24, 2.45) is 0 Å². The van der Waals surface area contributed by atoms with Crippen LogP contribution in [0.25, 0.3) is 0 Å². The number of aliphatic hydroxyl groups excluding tert-OH is 1. The lowest BCUT2D eigenvalue weighted by atomic mass is 10.1. The van der Waals surface area contributed by atoms with Crippen LogP contribution in [0.3, 0.4) is 0 Å². The minimum Gasteiger partial charge on any atom is -0.450 e. The zero-order chi connectivity index (χ0) is 16.5. The maximum atomic E-state index is 13.0. The lowest BCUT2D eigenvalue weighted by molar-refractivity contribution is -0.121. The summed E-state index contributed by atoms with van der Waals surface area (Å²) < 4.78 is 30.4. The monoisotopic (exact) mass is 316 g/mol. The summed E-state index contributed by atoms with van der Waals surface area (Å²) in [6, 6.07) is 3.00. The van der Waals surface area contributed by atoms with E-state index in [1.807, 2.05) is 0 Å². The van der Waals surface area contributed by atoms with E-state index in [0.717, 1.165) is 12.1 Å². The third-order valence-corrected chi connectivity index (χ3v) is 2.72. The van der Waals surface area contributed by atoms with Crippen LogP contribution in [-0.2, 0) is 9.53 Å². The quantitative estimate of drug-likeness (QED) is 0.706. The first-order chi connectivity index (χ1) is 10.4. The Labute approximate surface area is 126 Å². The molecule has 1 atom stereocenters. The van der Waals surface area contributed by atoms with Gasteiger partial charge in [0.2, 0.25) is 5.91 Å². The molecule has 22 heavy (non-hydrogen) atoms. The van der Waals surface area contributed by atoms with E-state index in [2.05, 4.69) is 15.4 Å². The molecule has 1 rings (SSSR count). The second-order valence-corrected chi connectivity index (χ2v) is 4.39. The Morgan fingerprint density at radius 3 is 2.64 bits per heavy atom. The largest absolute Gasteiger partial charge is 0.450 e. The van der Waals surface area contributed by atoms with E-state index >= 15 is 0 Å². The van der Waals surface area contributed by atoms with Gasteiger partial charge in [-0.25, -0.2) is 13.6 Å². The lowest BCUT2D eigenvalue weighted by Crippen LogP contribution is -2.33. The van der Waals surface area contributed by atoms with Gasteiger partial charge < -0.3 is 20.5 Å². The first kappa shape index (κ1) is 17.8. The molecule has 0 saturated carbocycles. The van der Waals surface area contributed by atoms with Gasteiger partial charge in [-0.3, -0.25) is 4.79 Å². The molecular weight excluding hydrogens is 298 g/mol. The molecule has 0 aliphatic carbocycles. The SMILES string of the molecule is CCOC(=O)NCCC(=O)NCC(O)c1ccc(F)c(F)c1. The van der Waals surface area contributed by atoms with Crippen LogP contribution < -0.4 is 10.6 Å². The number of carbonyl (C=O) groups excluding carboxylic acids is 2. The van der Waals surface area contributed by atoms with Crippen molar-refractivity contribution in [3.63, 3.8) is 0 Å². The zero-order valence-corrected chi connectivity index (χ0v) is 12.1. The molecule has 0 aliphatic rings. The van der Waals surface area contributed by atoms with Crippen molar-refractivity contribution in [3.8, 4) is 0 Å². The average molecular weight is 316 g/mol. The second-order valence-electron chi connectivity index (χ2n) is 4.39. The molecular formula is C14H18F2N2O4. The minimum atomic E-state index is -1.16. The van der Waals surface area contributed by atoms with Gasteiger partial charge in [-0.1, -0.05) is 6.07 Å². The van der Waals surface area contributed by atoms with E-state index in [9.17, 15) is 23.5 Å². The molecule has 0 aromatic heterocycles. The van der Waals surface area contributed by atoms with Crippen LogP contribution in [0.1, 0.15) is 25.0 Å². The molecule has 0 bridgehead atoms. The van der Waals surface area contributed by atoms with Crippen LogP contribution in [-0.4, -0.2) is 36.8 Å². The molecule has 1 aromatic rings. The predicted molar refractivity (Wildman–Crippen MR) is 74.0 cm³/mol. The average Bonchev–Trinajstić information content (AvgIpc) is 2.48. The summed E-state index contributed by atoms with van der Waals surface area (Å²) in [5.41, 5.74) is 0.156. The molecule has 0 fully saturated rings. The Morgan fingerprint density at radius 1 is 1.27 bits per heavy atom. The summed E-state index contributed by atoms with van der Waals surface area (Å²) in [7, 11) is 0. The van der Waals surface area contributed by atoms with Crippen molar-refractivity contribution in [3.05, 3.63) is 35.4 Å². The summed E-state index contributed by atoms with van der Waals surface area (Å²) in [6.07, 6.45) is -1.77. The van der Waals surface area contributed by atoms with Crippen LogP contribution in [0.4, 0.5) is 13.6 Å². The number of benzene rings is 1. The van der Waals surface area contributed by atoms with Crippen LogP contribution in [0.15, 0.2) is 18.2 Å². The van der Waals surface area contributed by atoms with Gasteiger partial charge in [0.05, 0.1) is 12.7 Å². The maximum Gasteiger partial charge on any atom is 0.407 e. The summed E-state index contributed by atoms with van der Waals surface area (Å²) in [4.78, 5) is 22.5. The fourth-order valence-corrected chi connectivity index (χ4v) is 1.60. The van der Waals surface area contributed by atoms with Crippen molar-refractivity contribution in [2.45, 2.75) is 19.4 Å². The number of carbonyl (C=O) groups is 2.